The van der Waals surface area contributed by atoms with E-state index in [9.17, 15) is 9.59 Å². The van der Waals surface area contributed by atoms with Crippen LogP contribution in [-0.4, -0.2) is 46.3 Å². The summed E-state index contributed by atoms with van der Waals surface area (Å²) in [5, 5.41) is 3.19. The largest absolute Gasteiger partial charge is 0.450 e. The number of amides is 1. The van der Waals surface area contributed by atoms with Crippen molar-refractivity contribution in [2.24, 2.45) is 0 Å². The van der Waals surface area contributed by atoms with Crippen LogP contribution in [0.1, 0.15) is 26.7 Å². The van der Waals surface area contributed by atoms with Crippen molar-refractivity contribution in [1.82, 2.24) is 14.5 Å². The molecule has 2 heterocycles. The molecule has 0 aliphatic carbocycles. The van der Waals surface area contributed by atoms with Crippen LogP contribution in [0.5, 0.6) is 0 Å². The van der Waals surface area contributed by atoms with Crippen molar-refractivity contribution in [1.29, 1.82) is 0 Å². The zero-order valence-corrected chi connectivity index (χ0v) is 12.5. The van der Waals surface area contributed by atoms with E-state index in [2.05, 4.69) is 10.3 Å². The highest BCUT2D eigenvalue weighted by Gasteiger charge is 2.24. The highest BCUT2D eigenvalue weighted by molar-refractivity contribution is 5.67. The zero-order valence-electron chi connectivity index (χ0n) is 12.5. The number of aryl methyl sites for hydroxylation is 1. The van der Waals surface area contributed by atoms with E-state index < -0.39 is 0 Å². The summed E-state index contributed by atoms with van der Waals surface area (Å²) in [6.07, 6.45) is 4.60. The Balaban J connectivity index is 1.92. The number of rotatable bonds is 4. The van der Waals surface area contributed by atoms with Crippen molar-refractivity contribution in [3.05, 3.63) is 22.7 Å². The van der Waals surface area contributed by atoms with E-state index in [0.29, 0.717) is 32.1 Å². The lowest BCUT2D eigenvalue weighted by atomic mass is 10.1. The molecule has 0 radical (unpaired) electrons. The molecule has 0 bridgehead atoms. The molecule has 0 spiro atoms. The number of piperidine rings is 1. The van der Waals surface area contributed by atoms with Gasteiger partial charge in [-0.05, 0) is 26.7 Å². The van der Waals surface area contributed by atoms with Gasteiger partial charge in [0.05, 0.1) is 6.61 Å². The van der Waals surface area contributed by atoms with Crippen LogP contribution in [-0.2, 0) is 11.3 Å². The normalized spacial score (nSPS) is 15.8. The number of carbonyl (C=O) groups is 1. The minimum absolute atomic E-state index is 0.104. The summed E-state index contributed by atoms with van der Waals surface area (Å²) >= 11 is 0. The van der Waals surface area contributed by atoms with Crippen LogP contribution in [0.25, 0.3) is 0 Å². The van der Waals surface area contributed by atoms with Gasteiger partial charge in [0.25, 0.3) is 5.56 Å². The van der Waals surface area contributed by atoms with Crippen LogP contribution in [0.4, 0.5) is 10.6 Å². The first-order chi connectivity index (χ1) is 10.2. The Kier molecular flexibility index (Phi) is 5.19. The van der Waals surface area contributed by atoms with Gasteiger partial charge in [-0.25, -0.2) is 9.78 Å². The summed E-state index contributed by atoms with van der Waals surface area (Å²) in [6.45, 7) is 5.99. The monoisotopic (exact) mass is 294 g/mol. The van der Waals surface area contributed by atoms with Crippen molar-refractivity contribution in [2.45, 2.75) is 39.3 Å². The molecule has 1 fully saturated rings. The van der Waals surface area contributed by atoms with Gasteiger partial charge in [-0.1, -0.05) is 0 Å². The fourth-order valence-corrected chi connectivity index (χ4v) is 2.41. The third-order valence-electron chi connectivity index (χ3n) is 3.62. The van der Waals surface area contributed by atoms with E-state index >= 15 is 0 Å². The van der Waals surface area contributed by atoms with Crippen LogP contribution in [0.3, 0.4) is 0 Å². The maximum absolute atomic E-state index is 12.1. The first kappa shape index (κ1) is 15.3. The Hall–Kier alpha value is -2.05. The number of likely N-dealkylation sites (tertiary alicyclic amines) is 1. The summed E-state index contributed by atoms with van der Waals surface area (Å²) in [5.41, 5.74) is -0.104. The Labute approximate surface area is 123 Å². The summed E-state index contributed by atoms with van der Waals surface area (Å²) in [4.78, 5) is 29.5. The summed E-state index contributed by atoms with van der Waals surface area (Å²) in [6, 6.07) is 0.156. The number of hydrogen-bond donors (Lipinski definition) is 1. The summed E-state index contributed by atoms with van der Waals surface area (Å²) < 4.78 is 6.60. The third kappa shape index (κ3) is 3.74. The molecular formula is C14H22N4O3. The van der Waals surface area contributed by atoms with Gasteiger partial charge in [0.2, 0.25) is 0 Å². The van der Waals surface area contributed by atoms with Crippen LogP contribution < -0.4 is 10.9 Å². The number of ether oxygens (including phenoxy) is 1. The first-order valence-electron chi connectivity index (χ1n) is 7.39. The van der Waals surface area contributed by atoms with Gasteiger partial charge in [-0.3, -0.25) is 4.79 Å². The molecule has 7 heteroatoms. The molecule has 0 unspecified atom stereocenters. The molecule has 1 aliphatic heterocycles. The minimum Gasteiger partial charge on any atom is -0.450 e. The van der Waals surface area contributed by atoms with Gasteiger partial charge >= 0.3 is 6.09 Å². The standard InChI is InChI=1S/C14H22N4O3/c1-3-17-10-7-15-12(13(17)19)16-11-5-8-18(9-6-11)14(20)21-4-2/h7,10-11H,3-6,8-9H2,1-2H3,(H,15,16). The Bertz CT molecular complexity index is 535. The second kappa shape index (κ2) is 7.10. The lowest BCUT2D eigenvalue weighted by Gasteiger charge is -2.31. The first-order valence-corrected chi connectivity index (χ1v) is 7.39. The maximum Gasteiger partial charge on any atom is 0.409 e. The van der Waals surface area contributed by atoms with E-state index in [1.807, 2.05) is 6.92 Å². The van der Waals surface area contributed by atoms with E-state index in [4.69, 9.17) is 4.74 Å². The van der Waals surface area contributed by atoms with Gasteiger partial charge in [-0.2, -0.15) is 0 Å². The topological polar surface area (TPSA) is 76.5 Å². The van der Waals surface area contributed by atoms with Crippen LogP contribution in [0.15, 0.2) is 17.2 Å². The van der Waals surface area contributed by atoms with Crippen molar-refractivity contribution >= 4 is 11.9 Å². The molecule has 21 heavy (non-hydrogen) atoms. The van der Waals surface area contributed by atoms with Gasteiger partial charge in [0.15, 0.2) is 5.82 Å². The molecule has 1 aromatic heterocycles. The minimum atomic E-state index is -0.262. The van der Waals surface area contributed by atoms with E-state index in [1.54, 1.807) is 28.8 Å². The van der Waals surface area contributed by atoms with Gasteiger partial charge in [-0.15, -0.1) is 0 Å². The molecule has 1 N–H and O–H groups in total. The number of nitrogens with one attached hydrogen (secondary N) is 1. The predicted molar refractivity (Wildman–Crippen MR) is 79.4 cm³/mol. The Morgan fingerprint density at radius 3 is 2.76 bits per heavy atom. The summed E-state index contributed by atoms with van der Waals surface area (Å²) in [7, 11) is 0. The lowest BCUT2D eigenvalue weighted by molar-refractivity contribution is 0.0983. The molecule has 1 aromatic rings. The van der Waals surface area contributed by atoms with Crippen molar-refractivity contribution in [3.63, 3.8) is 0 Å². The van der Waals surface area contributed by atoms with E-state index in [-0.39, 0.29) is 17.7 Å². The fourth-order valence-electron chi connectivity index (χ4n) is 2.41. The lowest BCUT2D eigenvalue weighted by Crippen LogP contribution is -2.43. The molecule has 2 rings (SSSR count). The average Bonchev–Trinajstić information content (AvgIpc) is 2.50. The third-order valence-corrected chi connectivity index (χ3v) is 3.62. The number of carbonyl (C=O) groups excluding carboxylic acids is 1. The molecular weight excluding hydrogens is 272 g/mol. The predicted octanol–water partition coefficient (Wildman–Crippen LogP) is 1.30. The highest BCUT2D eigenvalue weighted by atomic mass is 16.6. The van der Waals surface area contributed by atoms with Gasteiger partial charge in [0.1, 0.15) is 0 Å². The zero-order chi connectivity index (χ0) is 15.2. The fraction of sp³-hybridized carbons (Fsp3) is 0.643. The number of anilines is 1. The molecule has 0 aromatic carbocycles. The van der Waals surface area contributed by atoms with E-state index in [1.165, 1.54) is 0 Å². The second-order valence-electron chi connectivity index (χ2n) is 4.97. The van der Waals surface area contributed by atoms with Crippen LogP contribution >= 0.6 is 0 Å². The Morgan fingerprint density at radius 2 is 2.14 bits per heavy atom. The van der Waals surface area contributed by atoms with Crippen LogP contribution in [0, 0.1) is 0 Å². The maximum atomic E-state index is 12.1. The van der Waals surface area contributed by atoms with Crippen molar-refractivity contribution in [2.75, 3.05) is 25.0 Å². The molecule has 1 aliphatic rings. The molecule has 1 saturated heterocycles. The SMILES string of the molecule is CCOC(=O)N1CCC(Nc2nccn(CC)c2=O)CC1. The highest BCUT2D eigenvalue weighted by Crippen LogP contribution is 2.14. The van der Waals surface area contributed by atoms with Gasteiger partial charge < -0.3 is 19.5 Å². The Morgan fingerprint density at radius 1 is 1.43 bits per heavy atom. The molecule has 0 saturated carbocycles. The van der Waals surface area contributed by atoms with E-state index in [0.717, 1.165) is 12.8 Å². The summed E-state index contributed by atoms with van der Waals surface area (Å²) in [5.74, 6) is 0.383. The number of nitrogens with zero attached hydrogens (tertiary/aromatic N) is 3. The van der Waals surface area contributed by atoms with Crippen molar-refractivity contribution in [3.8, 4) is 0 Å². The molecule has 116 valence electrons. The number of aromatic nitrogens is 2. The van der Waals surface area contributed by atoms with Crippen molar-refractivity contribution < 1.29 is 9.53 Å². The molecule has 1 amide bonds. The smallest absolute Gasteiger partial charge is 0.409 e. The van der Waals surface area contributed by atoms with Crippen LogP contribution in [0.2, 0.25) is 0 Å². The second-order valence-corrected chi connectivity index (χ2v) is 4.97. The van der Waals surface area contributed by atoms with Gasteiger partial charge in [0, 0.05) is 38.1 Å². The number of hydrogen-bond acceptors (Lipinski definition) is 5. The molecule has 7 nitrogen and oxygen atoms in total. The quantitative estimate of drug-likeness (QED) is 0.905. The molecule has 0 atom stereocenters. The average molecular weight is 294 g/mol.